The Morgan fingerprint density at radius 2 is 0.347 bits per heavy atom. The number of pyridine rings is 3. The van der Waals surface area contributed by atoms with Crippen molar-refractivity contribution in [3.8, 4) is 170 Å². The lowest BCUT2D eigenvalue weighted by Gasteiger charge is -2.15. The average molecular weight is 1840 g/mol. The number of nitrogens with zero attached hydrogens (tertiary/aromatic N) is 12. The molecule has 144 heavy (non-hydrogen) atoms. The summed E-state index contributed by atoms with van der Waals surface area (Å²) in [4.78, 5) is 60.3. The van der Waals surface area contributed by atoms with Gasteiger partial charge in [0.05, 0.1) is 33.6 Å². The lowest BCUT2D eigenvalue weighted by atomic mass is 9.91. The summed E-state index contributed by atoms with van der Waals surface area (Å²) in [5.74, 6) is 5.80. The smallest absolute Gasteiger partial charge is 0.164 e. The number of fused-ring (bicyclic) bond motifs is 12. The van der Waals surface area contributed by atoms with Crippen molar-refractivity contribution in [1.29, 1.82) is 0 Å². The van der Waals surface area contributed by atoms with Gasteiger partial charge in [0, 0.05) is 105 Å². The van der Waals surface area contributed by atoms with Gasteiger partial charge in [-0.2, -0.15) is 0 Å². The van der Waals surface area contributed by atoms with Crippen molar-refractivity contribution in [1.82, 2.24) is 59.8 Å². The number of benzene rings is 21. The van der Waals surface area contributed by atoms with Gasteiger partial charge in [0.15, 0.2) is 52.4 Å². The maximum Gasteiger partial charge on any atom is 0.164 e. The van der Waals surface area contributed by atoms with Crippen LogP contribution in [0.5, 0.6) is 0 Å². The molecule has 21 aromatic carbocycles. The second-order valence-electron chi connectivity index (χ2n) is 35.6. The van der Waals surface area contributed by atoms with Crippen LogP contribution in [0.4, 0.5) is 0 Å². The fourth-order valence-corrected chi connectivity index (χ4v) is 19.8. The van der Waals surface area contributed by atoms with Crippen LogP contribution in [0.3, 0.4) is 0 Å². The molecule has 0 atom stereocenters. The molecule has 27 aromatic rings. The van der Waals surface area contributed by atoms with Crippen molar-refractivity contribution in [3.63, 3.8) is 0 Å². The molecule has 0 aliphatic carbocycles. The van der Waals surface area contributed by atoms with E-state index < -0.39 is 0 Å². The zero-order valence-corrected chi connectivity index (χ0v) is 77.9. The highest BCUT2D eigenvalue weighted by Gasteiger charge is 2.24. The van der Waals surface area contributed by atoms with Gasteiger partial charge in [0.1, 0.15) is 0 Å². The van der Waals surface area contributed by atoms with Crippen molar-refractivity contribution in [2.45, 2.75) is 0 Å². The molecule has 0 fully saturated rings. The number of hydrogen-bond acceptors (Lipinski definition) is 12. The van der Waals surface area contributed by atoms with Crippen LogP contribution in [0.15, 0.2) is 510 Å². The fraction of sp³-hybridized carbons (Fsp3) is 0. The molecule has 0 aliphatic rings. The SMILES string of the molecule is c1ccc(-c2nc(-c3ccccc3)nc(-c3cc(-c4ccc(-c5nc6ccccc6c6ccccc56)cc4)c4ccccc4c3)n2)cc1.c1ccc(-c2nc(-c3ccccc3)nc(-c3ccc(-c4ccc(-c5nc6ccccc6c6ccccc56)cc4)c4ccccc34)n2)cc1.c1ccc(-c2nc(-c3ccccc3)nc(-c3ccc4ccccc4c3-c3ccc(-c4nc5ccccc5c5ccccc45)cc3)n2)cc1. The molecule has 6 aromatic heterocycles. The lowest BCUT2D eigenvalue weighted by Crippen LogP contribution is -2.01. The minimum Gasteiger partial charge on any atom is -0.247 e. The highest BCUT2D eigenvalue weighted by Crippen LogP contribution is 2.45. The molecule has 0 unspecified atom stereocenters. The first-order chi connectivity index (χ1) is 71.4. The van der Waals surface area contributed by atoms with Gasteiger partial charge in [-0.15, -0.1) is 0 Å². The van der Waals surface area contributed by atoms with Crippen LogP contribution in [0.25, 0.3) is 267 Å². The molecular formula is C132H84N12. The average Bonchev–Trinajstić information content (AvgIpc) is 0.749. The van der Waals surface area contributed by atoms with Crippen LogP contribution >= 0.6 is 0 Å². The van der Waals surface area contributed by atoms with Gasteiger partial charge in [0.25, 0.3) is 0 Å². The van der Waals surface area contributed by atoms with E-state index in [1.54, 1.807) is 0 Å². The molecule has 0 N–H and O–H groups in total. The van der Waals surface area contributed by atoms with Crippen LogP contribution in [0.2, 0.25) is 0 Å². The molecule has 12 heteroatoms. The Bertz CT molecular complexity index is 9360. The van der Waals surface area contributed by atoms with E-state index >= 15 is 0 Å². The Kier molecular flexibility index (Phi) is 22.8. The zero-order chi connectivity index (χ0) is 95.6. The molecular weight excluding hydrogens is 1750 g/mol. The van der Waals surface area contributed by atoms with E-state index in [9.17, 15) is 0 Å². The van der Waals surface area contributed by atoms with E-state index in [4.69, 9.17) is 59.8 Å². The van der Waals surface area contributed by atoms with E-state index in [1.807, 2.05) is 200 Å². The first-order valence-electron chi connectivity index (χ1n) is 48.2. The molecule has 0 amide bonds. The Hall–Kier alpha value is -19.6. The third-order valence-corrected chi connectivity index (χ3v) is 26.8. The van der Waals surface area contributed by atoms with E-state index in [0.29, 0.717) is 52.4 Å². The molecule has 0 aliphatic heterocycles. The molecule has 6 heterocycles. The Morgan fingerprint density at radius 3 is 0.715 bits per heavy atom. The van der Waals surface area contributed by atoms with Crippen molar-refractivity contribution in [2.75, 3.05) is 0 Å². The molecule has 0 bridgehead atoms. The Morgan fingerprint density at radius 1 is 0.104 bits per heavy atom. The van der Waals surface area contributed by atoms with Gasteiger partial charge < -0.3 is 0 Å². The minimum atomic E-state index is 0.634. The van der Waals surface area contributed by atoms with Gasteiger partial charge in [-0.05, 0) is 119 Å². The molecule has 672 valence electrons. The third-order valence-electron chi connectivity index (χ3n) is 26.8. The van der Waals surface area contributed by atoms with E-state index in [-0.39, 0.29) is 0 Å². The normalized spacial score (nSPS) is 11.3. The van der Waals surface area contributed by atoms with Gasteiger partial charge in [-0.25, -0.2) is 59.8 Å². The summed E-state index contributed by atoms with van der Waals surface area (Å²) in [7, 11) is 0. The van der Waals surface area contributed by atoms with Gasteiger partial charge >= 0.3 is 0 Å². The highest BCUT2D eigenvalue weighted by molar-refractivity contribution is 6.15. The molecule has 0 saturated heterocycles. The summed E-state index contributed by atoms with van der Waals surface area (Å²) in [5, 5.41) is 17.4. The molecule has 12 nitrogen and oxygen atoms in total. The maximum atomic E-state index is 5.14. The van der Waals surface area contributed by atoms with Crippen LogP contribution in [0, 0.1) is 0 Å². The van der Waals surface area contributed by atoms with Crippen LogP contribution < -0.4 is 0 Å². The Balaban J connectivity index is 0.000000113. The largest absolute Gasteiger partial charge is 0.247 e. The molecule has 27 rings (SSSR count). The summed E-state index contributed by atoms with van der Waals surface area (Å²) in [6.07, 6.45) is 0. The quantitative estimate of drug-likeness (QED) is 0.0897. The predicted octanol–water partition coefficient (Wildman–Crippen LogP) is 33.2. The van der Waals surface area contributed by atoms with Crippen molar-refractivity contribution in [3.05, 3.63) is 510 Å². The summed E-state index contributed by atoms with van der Waals surface area (Å²) in [5.41, 5.74) is 24.4. The standard InChI is InChI=1S/3C44H28N4/c1-3-14-32(15-4-1)42-46-43(33-16-5-2-6-17-33)48-44(47-42)38-28-27-29-13-7-8-18-34(29)40(38)30-23-25-31(26-24-30)41-37-21-10-9-19-35(37)36-20-11-12-22-39(36)45-41;1-3-13-31(14-4-1)42-46-43(32-15-5-2-6-16-32)48-44(47-42)34-27-33-17-7-8-18-35(33)39(28-34)29-23-25-30(26-24-29)41-38-21-10-9-19-36(38)37-20-11-12-22-40(37)45-41;1-3-13-31(14-4-1)42-46-43(32-15-5-2-6-16-32)48-44(47-42)39-28-27-33(34-17-7-8-18-35(34)39)29-23-25-30(26-24-29)41-38-21-10-9-19-36(38)37-20-11-12-22-40(37)45-41/h3*1-28H. The van der Waals surface area contributed by atoms with Crippen LogP contribution in [-0.4, -0.2) is 59.8 Å². The van der Waals surface area contributed by atoms with Gasteiger partial charge in [0.2, 0.25) is 0 Å². The van der Waals surface area contributed by atoms with Crippen molar-refractivity contribution in [2.24, 2.45) is 0 Å². The molecule has 0 spiro atoms. The lowest BCUT2D eigenvalue weighted by molar-refractivity contribution is 1.07. The van der Waals surface area contributed by atoms with Crippen molar-refractivity contribution >= 4 is 97.3 Å². The van der Waals surface area contributed by atoms with Gasteiger partial charge in [-0.1, -0.05) is 467 Å². The van der Waals surface area contributed by atoms with E-state index in [2.05, 4.69) is 309 Å². The summed E-state index contributed by atoms with van der Waals surface area (Å²) in [6.45, 7) is 0. The Labute approximate surface area is 830 Å². The topological polar surface area (TPSA) is 155 Å². The van der Waals surface area contributed by atoms with Crippen molar-refractivity contribution < 1.29 is 0 Å². The number of hydrogen-bond donors (Lipinski definition) is 0. The fourth-order valence-electron chi connectivity index (χ4n) is 19.8. The predicted molar refractivity (Wildman–Crippen MR) is 592 cm³/mol. The van der Waals surface area contributed by atoms with E-state index in [0.717, 1.165) is 182 Å². The third kappa shape index (κ3) is 16.8. The highest BCUT2D eigenvalue weighted by atomic mass is 15.1. The monoisotopic (exact) mass is 1840 g/mol. The molecule has 0 saturated carbocycles. The van der Waals surface area contributed by atoms with Gasteiger partial charge in [-0.3, -0.25) is 0 Å². The number of para-hydroxylation sites is 3. The number of rotatable bonds is 15. The molecule has 0 radical (unpaired) electrons. The second kappa shape index (κ2) is 38.1. The zero-order valence-electron chi connectivity index (χ0n) is 77.9. The maximum absolute atomic E-state index is 5.14. The minimum absolute atomic E-state index is 0.634. The summed E-state index contributed by atoms with van der Waals surface area (Å²) < 4.78 is 0. The second-order valence-corrected chi connectivity index (χ2v) is 35.6. The summed E-state index contributed by atoms with van der Waals surface area (Å²) in [6, 6.07) is 176. The van der Waals surface area contributed by atoms with Crippen LogP contribution in [-0.2, 0) is 0 Å². The summed E-state index contributed by atoms with van der Waals surface area (Å²) >= 11 is 0. The number of aromatic nitrogens is 12. The van der Waals surface area contributed by atoms with Crippen LogP contribution in [0.1, 0.15) is 0 Å². The first-order valence-corrected chi connectivity index (χ1v) is 48.2. The first kappa shape index (κ1) is 86.1. The van der Waals surface area contributed by atoms with E-state index in [1.165, 1.54) is 32.3 Å².